The Labute approximate surface area is 214 Å². The number of hydrogen-bond donors (Lipinski definition) is 4. The van der Waals surface area contributed by atoms with Crippen molar-refractivity contribution in [2.75, 3.05) is 10.6 Å². The molecule has 0 aliphatic heterocycles. The summed E-state index contributed by atoms with van der Waals surface area (Å²) in [7, 11) is 0. The molecule has 0 spiro atoms. The second-order valence-corrected chi connectivity index (χ2v) is 9.23. The first-order valence-electron chi connectivity index (χ1n) is 12.3. The number of halogens is 1. The Kier molecular flexibility index (Phi) is 7.14. The zero-order chi connectivity index (χ0) is 25.8. The van der Waals surface area contributed by atoms with E-state index in [1.54, 1.807) is 12.3 Å². The fourth-order valence-electron chi connectivity index (χ4n) is 4.60. The molecule has 37 heavy (non-hydrogen) atoms. The van der Waals surface area contributed by atoms with Crippen LogP contribution < -0.4 is 26.8 Å². The molecule has 4 aromatic rings. The van der Waals surface area contributed by atoms with Gasteiger partial charge in [-0.1, -0.05) is 49.2 Å². The molecule has 1 amide bonds. The number of nitrogens with one attached hydrogen (secondary N) is 2. The van der Waals surface area contributed by atoms with Gasteiger partial charge in [-0.2, -0.15) is 0 Å². The molecule has 1 aliphatic rings. The number of nitrogens with zero attached hydrogens (tertiary/aromatic N) is 2. The van der Waals surface area contributed by atoms with Crippen LogP contribution in [0, 0.1) is 5.82 Å². The molecule has 0 saturated heterocycles. The highest BCUT2D eigenvalue weighted by Gasteiger charge is 2.24. The highest BCUT2D eigenvalue weighted by molar-refractivity contribution is 5.99. The van der Waals surface area contributed by atoms with E-state index in [9.17, 15) is 9.18 Å². The summed E-state index contributed by atoms with van der Waals surface area (Å²) in [4.78, 5) is 21.0. The standard InChI is InChI=1S/C28H29FN6O2/c29-21-15-20(26(31)36)27(35-28(21)34-23-11-5-4-10-22(23)30)33-19-13-18-9-6-12-32-25(18)24(14-19)37-16-17-7-2-1-3-8-17/h1-3,6-9,12-15,22-23H,4-5,10-11,16,30H2,(H2,31,36)(H2,33,34,35)/t22-,23+/m0/s1. The summed E-state index contributed by atoms with van der Waals surface area (Å²) in [6, 6.07) is 18.1. The second-order valence-electron chi connectivity index (χ2n) is 9.23. The predicted octanol–water partition coefficient (Wildman–Crippen LogP) is 4.87. The molecule has 0 unspecified atom stereocenters. The first-order chi connectivity index (χ1) is 18.0. The van der Waals surface area contributed by atoms with Gasteiger partial charge >= 0.3 is 0 Å². The van der Waals surface area contributed by atoms with Crippen LogP contribution >= 0.6 is 0 Å². The maximum absolute atomic E-state index is 14.9. The lowest BCUT2D eigenvalue weighted by Crippen LogP contribution is -2.43. The van der Waals surface area contributed by atoms with Crippen molar-refractivity contribution in [3.63, 3.8) is 0 Å². The van der Waals surface area contributed by atoms with Crippen molar-refractivity contribution < 1.29 is 13.9 Å². The molecule has 190 valence electrons. The van der Waals surface area contributed by atoms with Gasteiger partial charge in [-0.3, -0.25) is 9.78 Å². The fourth-order valence-corrected chi connectivity index (χ4v) is 4.60. The van der Waals surface area contributed by atoms with Crippen LogP contribution in [0.1, 0.15) is 41.6 Å². The average Bonchev–Trinajstić information content (AvgIpc) is 2.90. The molecule has 9 heteroatoms. The number of anilines is 3. The molecule has 8 nitrogen and oxygen atoms in total. The van der Waals surface area contributed by atoms with Crippen LogP contribution in [-0.2, 0) is 6.61 Å². The smallest absolute Gasteiger partial charge is 0.252 e. The van der Waals surface area contributed by atoms with E-state index in [-0.39, 0.29) is 29.3 Å². The van der Waals surface area contributed by atoms with E-state index in [1.807, 2.05) is 48.5 Å². The molecule has 5 rings (SSSR count). The fraction of sp³-hybridized carbons (Fsp3) is 0.250. The molecule has 0 radical (unpaired) electrons. The van der Waals surface area contributed by atoms with E-state index >= 15 is 0 Å². The SMILES string of the molecule is NC(=O)c1cc(F)c(N[C@@H]2CCCC[C@@H]2N)nc1Nc1cc(OCc2ccccc2)c2ncccc2c1. The van der Waals surface area contributed by atoms with Gasteiger partial charge in [-0.25, -0.2) is 9.37 Å². The summed E-state index contributed by atoms with van der Waals surface area (Å²) >= 11 is 0. The molecule has 6 N–H and O–H groups in total. The molecule has 2 atom stereocenters. The van der Waals surface area contributed by atoms with Gasteiger partial charge in [-0.15, -0.1) is 0 Å². The lowest BCUT2D eigenvalue weighted by molar-refractivity contribution is 0.100. The Morgan fingerprint density at radius 2 is 1.86 bits per heavy atom. The number of fused-ring (bicyclic) bond motifs is 1. The topological polar surface area (TPSA) is 128 Å². The third-order valence-electron chi connectivity index (χ3n) is 6.55. The lowest BCUT2D eigenvalue weighted by atomic mass is 9.91. The van der Waals surface area contributed by atoms with Gasteiger partial charge in [0, 0.05) is 35.4 Å². The Morgan fingerprint density at radius 3 is 2.65 bits per heavy atom. The first kappa shape index (κ1) is 24.5. The lowest BCUT2D eigenvalue weighted by Gasteiger charge is -2.30. The molecule has 2 aromatic carbocycles. The normalized spacial score (nSPS) is 17.4. The Balaban J connectivity index is 1.48. The highest BCUT2D eigenvalue weighted by Crippen LogP contribution is 2.32. The van der Waals surface area contributed by atoms with Crippen molar-refractivity contribution in [1.29, 1.82) is 0 Å². The summed E-state index contributed by atoms with van der Waals surface area (Å²) < 4.78 is 21.0. The van der Waals surface area contributed by atoms with Crippen molar-refractivity contribution in [3.8, 4) is 5.75 Å². The Bertz CT molecular complexity index is 1410. The van der Waals surface area contributed by atoms with Gasteiger partial charge < -0.3 is 26.8 Å². The number of pyridine rings is 2. The average molecular weight is 501 g/mol. The van der Waals surface area contributed by atoms with Gasteiger partial charge in [0.05, 0.1) is 5.56 Å². The number of nitrogens with two attached hydrogens (primary N) is 2. The maximum atomic E-state index is 14.9. The van der Waals surface area contributed by atoms with Crippen LogP contribution in [0.3, 0.4) is 0 Å². The molecule has 1 saturated carbocycles. The monoisotopic (exact) mass is 500 g/mol. The predicted molar refractivity (Wildman–Crippen MR) is 142 cm³/mol. The first-order valence-corrected chi connectivity index (χ1v) is 12.3. The minimum atomic E-state index is -0.794. The van der Waals surface area contributed by atoms with Gasteiger partial charge in [0.25, 0.3) is 5.91 Å². The summed E-state index contributed by atoms with van der Waals surface area (Å²) in [5.41, 5.74) is 14.0. The van der Waals surface area contributed by atoms with Gasteiger partial charge in [0.15, 0.2) is 11.6 Å². The zero-order valence-corrected chi connectivity index (χ0v) is 20.3. The number of carbonyl (C=O) groups excluding carboxylic acids is 1. The van der Waals surface area contributed by atoms with Crippen molar-refractivity contribution >= 4 is 34.1 Å². The van der Waals surface area contributed by atoms with Crippen molar-refractivity contribution in [2.45, 2.75) is 44.4 Å². The van der Waals surface area contributed by atoms with Crippen LogP contribution in [0.2, 0.25) is 0 Å². The Hall–Kier alpha value is -4.24. The molecule has 0 bridgehead atoms. The molecule has 2 heterocycles. The van der Waals surface area contributed by atoms with E-state index in [0.717, 1.165) is 42.7 Å². The number of ether oxygens (including phenoxy) is 1. The zero-order valence-electron chi connectivity index (χ0n) is 20.3. The van der Waals surface area contributed by atoms with Gasteiger partial charge in [0.1, 0.15) is 23.7 Å². The van der Waals surface area contributed by atoms with Crippen LogP contribution in [-0.4, -0.2) is 28.0 Å². The van der Waals surface area contributed by atoms with Crippen molar-refractivity contribution in [3.05, 3.63) is 83.8 Å². The van der Waals surface area contributed by atoms with E-state index < -0.39 is 11.7 Å². The number of rotatable bonds is 8. The van der Waals surface area contributed by atoms with E-state index in [2.05, 4.69) is 20.6 Å². The molecular formula is C28H29FN6O2. The third kappa shape index (κ3) is 5.62. The van der Waals surface area contributed by atoms with Crippen molar-refractivity contribution in [2.24, 2.45) is 11.5 Å². The number of hydrogen-bond acceptors (Lipinski definition) is 7. The van der Waals surface area contributed by atoms with Crippen molar-refractivity contribution in [1.82, 2.24) is 9.97 Å². The van der Waals surface area contributed by atoms with E-state index in [1.165, 1.54) is 0 Å². The number of benzene rings is 2. The Morgan fingerprint density at radius 1 is 1.05 bits per heavy atom. The van der Waals surface area contributed by atoms with E-state index in [4.69, 9.17) is 16.2 Å². The summed E-state index contributed by atoms with van der Waals surface area (Å²) in [5.74, 6) is -0.737. The number of carbonyl (C=O) groups is 1. The second kappa shape index (κ2) is 10.8. The number of aromatic nitrogens is 2. The minimum Gasteiger partial charge on any atom is -0.487 e. The van der Waals surface area contributed by atoms with E-state index in [0.29, 0.717) is 23.6 Å². The minimum absolute atomic E-state index is 0.0258. The van der Waals surface area contributed by atoms with Crippen LogP contribution in [0.15, 0.2) is 66.9 Å². The van der Waals surface area contributed by atoms with Crippen LogP contribution in [0.4, 0.5) is 21.7 Å². The molecule has 2 aromatic heterocycles. The quantitative estimate of drug-likeness (QED) is 0.272. The van der Waals surface area contributed by atoms with Crippen LogP contribution in [0.25, 0.3) is 10.9 Å². The summed E-state index contributed by atoms with van der Waals surface area (Å²) in [5, 5.41) is 7.10. The summed E-state index contributed by atoms with van der Waals surface area (Å²) in [6.45, 7) is 0.354. The molecular weight excluding hydrogens is 471 g/mol. The molecule has 1 aliphatic carbocycles. The number of amides is 1. The van der Waals surface area contributed by atoms with Crippen LogP contribution in [0.5, 0.6) is 5.75 Å². The third-order valence-corrected chi connectivity index (χ3v) is 6.55. The van der Waals surface area contributed by atoms with Gasteiger partial charge in [-0.05, 0) is 36.6 Å². The molecule has 1 fully saturated rings. The highest BCUT2D eigenvalue weighted by atomic mass is 19.1. The number of primary amides is 1. The largest absolute Gasteiger partial charge is 0.487 e. The summed E-state index contributed by atoms with van der Waals surface area (Å²) in [6.07, 6.45) is 5.44. The maximum Gasteiger partial charge on any atom is 0.252 e. The van der Waals surface area contributed by atoms with Gasteiger partial charge in [0.2, 0.25) is 0 Å².